The fourth-order valence-corrected chi connectivity index (χ4v) is 5.97. The fourth-order valence-electron chi connectivity index (χ4n) is 5.25. The van der Waals surface area contributed by atoms with Crippen LogP contribution in [0.4, 0.5) is 5.95 Å². The Bertz CT molecular complexity index is 1530. The summed E-state index contributed by atoms with van der Waals surface area (Å²) in [4.78, 5) is 11.8. The van der Waals surface area contributed by atoms with Crippen LogP contribution in [0.15, 0.2) is 41.1 Å². The summed E-state index contributed by atoms with van der Waals surface area (Å²) in [5.41, 5.74) is 5.15. The minimum Gasteiger partial charge on any atom is -0.488 e. The van der Waals surface area contributed by atoms with Crippen molar-refractivity contribution in [1.29, 1.82) is 0 Å². The maximum absolute atomic E-state index is 12.0. The van der Waals surface area contributed by atoms with Crippen molar-refractivity contribution in [2.45, 2.75) is 26.3 Å². The lowest BCUT2D eigenvalue weighted by atomic mass is 10.0. The molecule has 12 heteroatoms. The van der Waals surface area contributed by atoms with Crippen LogP contribution in [0.2, 0.25) is 0 Å². The molecule has 36 heavy (non-hydrogen) atoms. The maximum atomic E-state index is 12.0. The SMILES string of the molecule is Cc1noc(C)c1-c1ccc2nc(N3CCCN(S(N)(=O)=O)CC3)n3c2c1OCC3c1ccccn1. The summed E-state index contributed by atoms with van der Waals surface area (Å²) in [6.07, 6.45) is 2.41. The third-order valence-electron chi connectivity index (χ3n) is 6.91. The van der Waals surface area contributed by atoms with Crippen molar-refractivity contribution in [1.82, 2.24) is 24.0 Å². The predicted octanol–water partition coefficient (Wildman–Crippen LogP) is 2.40. The molecule has 1 saturated heterocycles. The Kier molecular flexibility index (Phi) is 5.47. The number of benzene rings is 1. The first kappa shape index (κ1) is 23.0. The molecule has 0 spiro atoms. The van der Waals surface area contributed by atoms with Gasteiger partial charge in [-0.1, -0.05) is 11.2 Å². The van der Waals surface area contributed by atoms with E-state index in [9.17, 15) is 8.42 Å². The number of nitrogens with zero attached hydrogens (tertiary/aromatic N) is 6. The molecule has 188 valence electrons. The van der Waals surface area contributed by atoms with Gasteiger partial charge in [-0.25, -0.2) is 10.1 Å². The van der Waals surface area contributed by atoms with Gasteiger partial charge in [-0.15, -0.1) is 0 Å². The van der Waals surface area contributed by atoms with Gasteiger partial charge in [0.2, 0.25) is 5.95 Å². The average molecular weight is 510 g/mol. The molecule has 2 aliphatic heterocycles. The molecular weight excluding hydrogens is 482 g/mol. The molecule has 0 radical (unpaired) electrons. The zero-order valence-electron chi connectivity index (χ0n) is 20.1. The second-order valence-corrected chi connectivity index (χ2v) is 10.7. The van der Waals surface area contributed by atoms with Gasteiger partial charge in [-0.2, -0.15) is 12.7 Å². The molecule has 3 aromatic heterocycles. The van der Waals surface area contributed by atoms with Crippen LogP contribution in [0.3, 0.4) is 0 Å². The number of hydrogen-bond donors (Lipinski definition) is 1. The summed E-state index contributed by atoms with van der Waals surface area (Å²) in [7, 11) is -3.75. The van der Waals surface area contributed by atoms with Gasteiger partial charge in [0.15, 0.2) is 5.75 Å². The van der Waals surface area contributed by atoms with Crippen molar-refractivity contribution < 1.29 is 17.7 Å². The largest absolute Gasteiger partial charge is 0.488 e. The van der Waals surface area contributed by atoms with Gasteiger partial charge < -0.3 is 14.2 Å². The molecule has 1 atom stereocenters. The Hall–Kier alpha value is -3.48. The van der Waals surface area contributed by atoms with Gasteiger partial charge in [-0.3, -0.25) is 9.55 Å². The number of ether oxygens (including phenoxy) is 1. The average Bonchev–Trinajstić information content (AvgIpc) is 3.29. The second kappa shape index (κ2) is 8.57. The van der Waals surface area contributed by atoms with Crippen LogP contribution in [0.1, 0.15) is 29.6 Å². The molecule has 1 aromatic carbocycles. The highest BCUT2D eigenvalue weighted by Gasteiger charge is 2.34. The van der Waals surface area contributed by atoms with Crippen molar-refractivity contribution in [3.63, 3.8) is 0 Å². The van der Waals surface area contributed by atoms with Gasteiger partial charge in [-0.05, 0) is 44.5 Å². The van der Waals surface area contributed by atoms with Crippen molar-refractivity contribution >= 4 is 27.2 Å². The smallest absolute Gasteiger partial charge is 0.276 e. The molecule has 2 aliphatic rings. The summed E-state index contributed by atoms with van der Waals surface area (Å²) in [5, 5.41) is 9.55. The molecule has 0 saturated carbocycles. The highest BCUT2D eigenvalue weighted by atomic mass is 32.2. The number of pyridine rings is 1. The molecule has 0 amide bonds. The van der Waals surface area contributed by atoms with E-state index >= 15 is 0 Å². The number of rotatable bonds is 4. The van der Waals surface area contributed by atoms with E-state index in [1.54, 1.807) is 6.20 Å². The van der Waals surface area contributed by atoms with Crippen molar-refractivity contribution in [2.24, 2.45) is 5.14 Å². The first-order chi connectivity index (χ1) is 17.3. The van der Waals surface area contributed by atoms with E-state index in [2.05, 4.69) is 19.6 Å². The molecule has 11 nitrogen and oxygen atoms in total. The summed E-state index contributed by atoms with van der Waals surface area (Å²) in [5.74, 6) is 2.21. The van der Waals surface area contributed by atoms with E-state index in [0.29, 0.717) is 39.2 Å². The van der Waals surface area contributed by atoms with Crippen LogP contribution in [0.25, 0.3) is 22.2 Å². The maximum Gasteiger partial charge on any atom is 0.276 e. The van der Waals surface area contributed by atoms with E-state index in [0.717, 1.165) is 51.0 Å². The molecule has 0 bridgehead atoms. The number of anilines is 1. The lowest BCUT2D eigenvalue weighted by Gasteiger charge is -2.31. The highest BCUT2D eigenvalue weighted by Crippen LogP contribution is 2.45. The van der Waals surface area contributed by atoms with Crippen LogP contribution < -0.4 is 14.8 Å². The van der Waals surface area contributed by atoms with Crippen molar-refractivity contribution in [3.8, 4) is 16.9 Å². The molecule has 1 unspecified atom stereocenters. The second-order valence-electron chi connectivity index (χ2n) is 9.16. The normalized spacial score (nSPS) is 18.9. The summed E-state index contributed by atoms with van der Waals surface area (Å²) in [6.45, 7) is 5.98. The fraction of sp³-hybridized carbons (Fsp3) is 0.375. The lowest BCUT2D eigenvalue weighted by Crippen LogP contribution is -2.40. The van der Waals surface area contributed by atoms with Gasteiger partial charge in [0.1, 0.15) is 23.9 Å². The summed E-state index contributed by atoms with van der Waals surface area (Å²) >= 11 is 0. The van der Waals surface area contributed by atoms with E-state index in [4.69, 9.17) is 19.4 Å². The van der Waals surface area contributed by atoms with Crippen molar-refractivity contribution in [3.05, 3.63) is 53.7 Å². The Labute approximate surface area is 208 Å². The van der Waals surface area contributed by atoms with Crippen LogP contribution >= 0.6 is 0 Å². The topological polar surface area (TPSA) is 133 Å². The van der Waals surface area contributed by atoms with Crippen LogP contribution in [0, 0.1) is 13.8 Å². The Morgan fingerprint density at radius 3 is 2.67 bits per heavy atom. The monoisotopic (exact) mass is 509 g/mol. The van der Waals surface area contributed by atoms with Gasteiger partial charge in [0.05, 0.1) is 22.5 Å². The zero-order chi connectivity index (χ0) is 25.0. The molecule has 0 aliphatic carbocycles. The highest BCUT2D eigenvalue weighted by molar-refractivity contribution is 7.86. The molecule has 6 rings (SSSR count). The van der Waals surface area contributed by atoms with E-state index in [1.165, 1.54) is 4.31 Å². The van der Waals surface area contributed by atoms with E-state index in [-0.39, 0.29) is 6.04 Å². The third kappa shape index (κ3) is 3.72. The van der Waals surface area contributed by atoms with Gasteiger partial charge in [0.25, 0.3) is 10.2 Å². The quantitative estimate of drug-likeness (QED) is 0.443. The number of imidazole rings is 1. The Morgan fingerprint density at radius 1 is 1.08 bits per heavy atom. The molecule has 1 fully saturated rings. The first-order valence-corrected chi connectivity index (χ1v) is 13.4. The molecule has 2 N–H and O–H groups in total. The van der Waals surface area contributed by atoms with E-state index in [1.807, 2.05) is 44.2 Å². The van der Waals surface area contributed by atoms with Crippen LogP contribution in [-0.4, -0.2) is 65.2 Å². The van der Waals surface area contributed by atoms with Crippen molar-refractivity contribution in [2.75, 3.05) is 37.7 Å². The number of aryl methyl sites for hydroxylation is 2. The number of nitrogens with two attached hydrogens (primary N) is 1. The van der Waals surface area contributed by atoms with Gasteiger partial charge >= 0.3 is 0 Å². The molecule has 4 aromatic rings. The number of hydrogen-bond acceptors (Lipinski definition) is 8. The third-order valence-corrected chi connectivity index (χ3v) is 8.00. The van der Waals surface area contributed by atoms with Crippen LogP contribution in [0.5, 0.6) is 5.75 Å². The minimum atomic E-state index is -3.75. The predicted molar refractivity (Wildman–Crippen MR) is 134 cm³/mol. The first-order valence-electron chi connectivity index (χ1n) is 11.9. The molecular formula is C24H27N7O4S. The summed E-state index contributed by atoms with van der Waals surface area (Å²) in [6, 6.07) is 9.62. The number of aromatic nitrogens is 4. The molecule has 5 heterocycles. The minimum absolute atomic E-state index is 0.198. The standard InChI is InChI=1S/C24H27N7O4S/c1-15-21(16(2)35-28-15)17-7-8-19-22-23(17)34-14-20(18-6-3-4-9-26-18)31(22)24(27-19)29-10-5-11-30(13-12-29)36(25,32)33/h3-4,6-9,20H,5,10-14H2,1-2H3,(H2,25,32,33). The Balaban J connectivity index is 1.53. The van der Waals surface area contributed by atoms with Gasteiger partial charge in [0, 0.05) is 37.9 Å². The lowest BCUT2D eigenvalue weighted by molar-refractivity contribution is 0.257. The van der Waals surface area contributed by atoms with Crippen LogP contribution in [-0.2, 0) is 10.2 Å². The zero-order valence-corrected chi connectivity index (χ0v) is 20.9. The summed E-state index contributed by atoms with van der Waals surface area (Å²) < 4.78 is 39.3. The Morgan fingerprint density at radius 2 is 1.94 bits per heavy atom. The van der Waals surface area contributed by atoms with E-state index < -0.39 is 10.2 Å².